The molecule has 2 rings (SSSR count). The zero-order valence-electron chi connectivity index (χ0n) is 16.6. The molecule has 6 nitrogen and oxygen atoms in total. The minimum atomic E-state index is 0.0703. The highest BCUT2D eigenvalue weighted by Crippen LogP contribution is 2.15. The maximum Gasteiger partial charge on any atom is 0.254 e. The highest BCUT2D eigenvalue weighted by molar-refractivity contribution is 5.94. The number of morpholine rings is 1. The van der Waals surface area contributed by atoms with Crippen LogP contribution in [0.25, 0.3) is 0 Å². The second-order valence-electron chi connectivity index (χ2n) is 7.36. The summed E-state index contributed by atoms with van der Waals surface area (Å²) >= 11 is 0. The van der Waals surface area contributed by atoms with Gasteiger partial charge in [-0.1, -0.05) is 26.0 Å². The Morgan fingerprint density at radius 3 is 2.35 bits per heavy atom. The number of hydrogen-bond donors (Lipinski definition) is 2. The Morgan fingerprint density at radius 2 is 1.81 bits per heavy atom. The molecule has 0 bridgehead atoms. The minimum Gasteiger partial charge on any atom is -0.372 e. The van der Waals surface area contributed by atoms with E-state index in [0.29, 0.717) is 25.6 Å². The third-order valence-electron chi connectivity index (χ3n) is 4.27. The Balaban J connectivity index is 1.90. The molecule has 0 saturated carbocycles. The largest absolute Gasteiger partial charge is 0.372 e. The summed E-state index contributed by atoms with van der Waals surface area (Å²) in [5, 5.41) is 6.58. The van der Waals surface area contributed by atoms with Gasteiger partial charge in [-0.2, -0.15) is 0 Å². The van der Waals surface area contributed by atoms with Gasteiger partial charge >= 0.3 is 0 Å². The molecule has 1 aromatic rings. The lowest BCUT2D eigenvalue weighted by Gasteiger charge is -2.35. The van der Waals surface area contributed by atoms with Crippen molar-refractivity contribution in [1.29, 1.82) is 0 Å². The molecule has 1 aliphatic heterocycles. The predicted molar refractivity (Wildman–Crippen MR) is 105 cm³/mol. The summed E-state index contributed by atoms with van der Waals surface area (Å²) in [4.78, 5) is 18.8. The molecule has 1 amide bonds. The number of aliphatic imine (C=N–C) groups is 1. The van der Waals surface area contributed by atoms with E-state index in [1.807, 2.05) is 43.0 Å². The second kappa shape index (κ2) is 9.57. The van der Waals surface area contributed by atoms with Crippen molar-refractivity contribution >= 4 is 11.9 Å². The van der Waals surface area contributed by atoms with Gasteiger partial charge in [0.15, 0.2) is 5.96 Å². The molecule has 1 heterocycles. The minimum absolute atomic E-state index is 0.0703. The maximum absolute atomic E-state index is 12.7. The van der Waals surface area contributed by atoms with E-state index in [1.165, 1.54) is 0 Å². The summed E-state index contributed by atoms with van der Waals surface area (Å²) in [5.74, 6) is 1.42. The van der Waals surface area contributed by atoms with Crippen LogP contribution in [0.3, 0.4) is 0 Å². The molecule has 1 aliphatic rings. The molecular formula is C20H32N4O2. The molecule has 0 radical (unpaired) electrons. The second-order valence-corrected chi connectivity index (χ2v) is 7.36. The number of nitrogens with zero attached hydrogens (tertiary/aromatic N) is 2. The van der Waals surface area contributed by atoms with Gasteiger partial charge in [0.2, 0.25) is 0 Å². The zero-order chi connectivity index (χ0) is 19.1. The van der Waals surface area contributed by atoms with Crippen LogP contribution < -0.4 is 10.6 Å². The van der Waals surface area contributed by atoms with Gasteiger partial charge in [-0.25, -0.2) is 0 Å². The fourth-order valence-electron chi connectivity index (χ4n) is 3.00. The van der Waals surface area contributed by atoms with Crippen LogP contribution in [0.15, 0.2) is 29.3 Å². The van der Waals surface area contributed by atoms with Crippen LogP contribution in [0.1, 0.15) is 43.6 Å². The average molecular weight is 361 g/mol. The van der Waals surface area contributed by atoms with Crippen molar-refractivity contribution in [3.8, 4) is 0 Å². The quantitative estimate of drug-likeness (QED) is 0.624. The average Bonchev–Trinajstić information content (AvgIpc) is 2.60. The van der Waals surface area contributed by atoms with E-state index in [0.717, 1.165) is 23.6 Å². The number of benzene rings is 1. The molecule has 0 aromatic heterocycles. The van der Waals surface area contributed by atoms with E-state index in [9.17, 15) is 4.79 Å². The first-order valence-electron chi connectivity index (χ1n) is 9.37. The van der Waals surface area contributed by atoms with Gasteiger partial charge in [-0.15, -0.1) is 0 Å². The van der Waals surface area contributed by atoms with Crippen LogP contribution in [0.2, 0.25) is 0 Å². The van der Waals surface area contributed by atoms with Crippen LogP contribution >= 0.6 is 0 Å². The Labute approximate surface area is 157 Å². The first-order chi connectivity index (χ1) is 12.4. The van der Waals surface area contributed by atoms with E-state index in [1.54, 1.807) is 7.05 Å². The molecule has 26 heavy (non-hydrogen) atoms. The van der Waals surface area contributed by atoms with Crippen molar-refractivity contribution in [2.45, 2.75) is 46.4 Å². The first-order valence-corrected chi connectivity index (χ1v) is 9.37. The fourth-order valence-corrected chi connectivity index (χ4v) is 3.00. The monoisotopic (exact) mass is 360 g/mol. The predicted octanol–water partition coefficient (Wildman–Crippen LogP) is 2.26. The SMILES string of the molecule is CN=C(NCc1ccc(C(=O)N2CC(C)OC(C)C2)cc1)NCC(C)C. The van der Waals surface area contributed by atoms with Crippen molar-refractivity contribution in [1.82, 2.24) is 15.5 Å². The molecule has 0 spiro atoms. The van der Waals surface area contributed by atoms with Crippen molar-refractivity contribution < 1.29 is 9.53 Å². The third kappa shape index (κ3) is 6.02. The molecule has 2 atom stereocenters. The molecule has 1 aromatic carbocycles. The van der Waals surface area contributed by atoms with Crippen LogP contribution in [0.5, 0.6) is 0 Å². The standard InChI is InChI=1S/C20H32N4O2/c1-14(2)10-22-20(21-5)23-11-17-6-8-18(9-7-17)19(25)24-12-15(3)26-16(4)13-24/h6-9,14-16H,10-13H2,1-5H3,(H2,21,22,23). The molecule has 2 unspecified atom stereocenters. The highest BCUT2D eigenvalue weighted by Gasteiger charge is 2.26. The van der Waals surface area contributed by atoms with Crippen LogP contribution in [0.4, 0.5) is 0 Å². The van der Waals surface area contributed by atoms with Crippen molar-refractivity contribution in [3.05, 3.63) is 35.4 Å². The number of carbonyl (C=O) groups is 1. The van der Waals surface area contributed by atoms with E-state index in [4.69, 9.17) is 4.74 Å². The van der Waals surface area contributed by atoms with E-state index in [2.05, 4.69) is 29.5 Å². The van der Waals surface area contributed by atoms with Crippen LogP contribution in [-0.4, -0.2) is 55.7 Å². The number of guanidine groups is 1. The summed E-state index contributed by atoms with van der Waals surface area (Å²) in [6.07, 6.45) is 0.160. The lowest BCUT2D eigenvalue weighted by Crippen LogP contribution is -2.48. The topological polar surface area (TPSA) is 66.0 Å². The van der Waals surface area contributed by atoms with Gasteiger partial charge in [0, 0.05) is 38.8 Å². The van der Waals surface area contributed by atoms with E-state index in [-0.39, 0.29) is 18.1 Å². The summed E-state index contributed by atoms with van der Waals surface area (Å²) in [7, 11) is 1.77. The van der Waals surface area contributed by atoms with Crippen LogP contribution in [-0.2, 0) is 11.3 Å². The third-order valence-corrected chi connectivity index (χ3v) is 4.27. The normalized spacial score (nSPS) is 21.0. The molecule has 144 valence electrons. The highest BCUT2D eigenvalue weighted by atomic mass is 16.5. The molecule has 1 saturated heterocycles. The molecule has 2 N–H and O–H groups in total. The summed E-state index contributed by atoms with van der Waals surface area (Å²) in [6, 6.07) is 7.77. The first kappa shape index (κ1) is 20.2. The molecule has 1 fully saturated rings. The summed E-state index contributed by atoms with van der Waals surface area (Å²) < 4.78 is 5.70. The number of ether oxygens (including phenoxy) is 1. The Bertz CT molecular complexity index is 603. The number of carbonyl (C=O) groups excluding carboxylic acids is 1. The van der Waals surface area contributed by atoms with Crippen LogP contribution in [0, 0.1) is 5.92 Å². The Kier molecular flexibility index (Phi) is 7.45. The van der Waals surface area contributed by atoms with E-state index < -0.39 is 0 Å². The molecule has 0 aliphatic carbocycles. The maximum atomic E-state index is 12.7. The Hall–Kier alpha value is -2.08. The van der Waals surface area contributed by atoms with Gasteiger partial charge in [-0.3, -0.25) is 9.79 Å². The van der Waals surface area contributed by atoms with Gasteiger partial charge in [-0.05, 0) is 37.5 Å². The van der Waals surface area contributed by atoms with Gasteiger partial charge < -0.3 is 20.3 Å². The number of nitrogens with one attached hydrogen (secondary N) is 2. The smallest absolute Gasteiger partial charge is 0.254 e. The number of amides is 1. The van der Waals surface area contributed by atoms with Gasteiger partial charge in [0.05, 0.1) is 12.2 Å². The number of hydrogen-bond acceptors (Lipinski definition) is 3. The van der Waals surface area contributed by atoms with Crippen molar-refractivity contribution in [3.63, 3.8) is 0 Å². The Morgan fingerprint density at radius 1 is 1.19 bits per heavy atom. The lowest BCUT2D eigenvalue weighted by atomic mass is 10.1. The summed E-state index contributed by atoms with van der Waals surface area (Å²) in [5.41, 5.74) is 1.83. The summed E-state index contributed by atoms with van der Waals surface area (Å²) in [6.45, 7) is 11.2. The van der Waals surface area contributed by atoms with Crippen molar-refractivity contribution in [2.24, 2.45) is 10.9 Å². The fraction of sp³-hybridized carbons (Fsp3) is 0.600. The van der Waals surface area contributed by atoms with Gasteiger partial charge in [0.25, 0.3) is 5.91 Å². The molecule has 6 heteroatoms. The number of rotatable bonds is 5. The lowest BCUT2D eigenvalue weighted by molar-refractivity contribution is -0.0586. The van der Waals surface area contributed by atoms with E-state index >= 15 is 0 Å². The van der Waals surface area contributed by atoms with Gasteiger partial charge in [0.1, 0.15) is 0 Å². The zero-order valence-corrected chi connectivity index (χ0v) is 16.6. The van der Waals surface area contributed by atoms with Crippen molar-refractivity contribution in [2.75, 3.05) is 26.7 Å². The molecular weight excluding hydrogens is 328 g/mol.